The van der Waals surface area contributed by atoms with Gasteiger partial charge in [0, 0.05) is 22.7 Å². The van der Waals surface area contributed by atoms with Crippen molar-refractivity contribution in [2.45, 2.75) is 0 Å². The van der Waals surface area contributed by atoms with Crippen molar-refractivity contribution in [3.05, 3.63) is 78.1 Å². The molecule has 1 aliphatic heterocycles. The fourth-order valence-corrected chi connectivity index (χ4v) is 2.66. The molecule has 0 fully saturated rings. The number of fused-ring (bicyclic) bond motifs is 2. The van der Waals surface area contributed by atoms with Gasteiger partial charge in [-0.25, -0.2) is 4.99 Å². The minimum absolute atomic E-state index is 0.837. The lowest BCUT2D eigenvalue weighted by Gasteiger charge is -2.02. The summed E-state index contributed by atoms with van der Waals surface area (Å²) in [5, 5.41) is 2.40. The first-order valence-corrected chi connectivity index (χ1v) is 6.28. The Kier molecular flexibility index (Phi) is 2.00. The molecule has 1 aromatic heterocycles. The van der Waals surface area contributed by atoms with E-state index in [0.29, 0.717) is 0 Å². The van der Waals surface area contributed by atoms with E-state index in [1.54, 1.807) is 0 Å². The van der Waals surface area contributed by atoms with Crippen molar-refractivity contribution in [2.24, 2.45) is 4.99 Å². The Bertz CT molecular complexity index is 837. The van der Waals surface area contributed by atoms with Gasteiger partial charge in [0.1, 0.15) is 0 Å². The van der Waals surface area contributed by atoms with Crippen molar-refractivity contribution in [1.29, 1.82) is 0 Å². The molecule has 0 amide bonds. The van der Waals surface area contributed by atoms with Crippen molar-refractivity contribution in [1.82, 2.24) is 4.98 Å². The molecule has 2 heterocycles. The van der Waals surface area contributed by atoms with Gasteiger partial charge in [0.15, 0.2) is 0 Å². The third kappa shape index (κ3) is 1.40. The number of aliphatic imine (C=N–C) groups is 1. The average Bonchev–Trinajstić information content (AvgIpc) is 3.01. The third-order valence-corrected chi connectivity index (χ3v) is 3.58. The number of benzene rings is 2. The highest BCUT2D eigenvalue weighted by molar-refractivity contribution is 6.24. The highest BCUT2D eigenvalue weighted by Crippen LogP contribution is 2.31. The molecule has 0 saturated carbocycles. The molecule has 19 heavy (non-hydrogen) atoms. The number of hydrogen-bond acceptors (Lipinski definition) is 1. The molecule has 1 aliphatic rings. The highest BCUT2D eigenvalue weighted by atomic mass is 14.8. The van der Waals surface area contributed by atoms with E-state index in [-0.39, 0.29) is 0 Å². The Balaban J connectivity index is 2.00. The Morgan fingerprint density at radius 1 is 0.895 bits per heavy atom. The van der Waals surface area contributed by atoms with E-state index < -0.39 is 0 Å². The number of nitrogens with one attached hydrogen (secondary N) is 1. The summed E-state index contributed by atoms with van der Waals surface area (Å²) in [6.45, 7) is 4.03. The van der Waals surface area contributed by atoms with Gasteiger partial charge in [0.05, 0.1) is 17.1 Å². The molecule has 2 heteroatoms. The zero-order valence-corrected chi connectivity index (χ0v) is 10.4. The Hall–Kier alpha value is -2.61. The minimum Gasteiger partial charge on any atom is -0.359 e. The zero-order chi connectivity index (χ0) is 12.8. The summed E-state index contributed by atoms with van der Waals surface area (Å²) in [4.78, 5) is 7.99. The number of hydrogen-bond donors (Lipinski definition) is 1. The van der Waals surface area contributed by atoms with Gasteiger partial charge in [-0.2, -0.15) is 0 Å². The van der Waals surface area contributed by atoms with Gasteiger partial charge >= 0.3 is 0 Å². The van der Waals surface area contributed by atoms with Gasteiger partial charge in [-0.15, -0.1) is 0 Å². The SMILES string of the molecule is C=C1N=C(c2[nH]cc3ccccc23)c2ccccc21. The molecule has 90 valence electrons. The quantitative estimate of drug-likeness (QED) is 0.670. The van der Waals surface area contributed by atoms with E-state index in [1.165, 1.54) is 10.8 Å². The van der Waals surface area contributed by atoms with E-state index in [0.717, 1.165) is 28.2 Å². The maximum Gasteiger partial charge on any atom is 0.0957 e. The Labute approximate surface area is 111 Å². The normalized spacial score (nSPS) is 13.7. The maximum absolute atomic E-state index is 4.64. The van der Waals surface area contributed by atoms with Crippen LogP contribution in [0.15, 0.2) is 66.3 Å². The monoisotopic (exact) mass is 244 g/mol. The molecule has 0 unspecified atom stereocenters. The fourth-order valence-electron chi connectivity index (χ4n) is 2.66. The number of nitrogens with zero attached hydrogens (tertiary/aromatic N) is 1. The largest absolute Gasteiger partial charge is 0.359 e. The molecule has 1 N–H and O–H groups in total. The molecular formula is C17H12N2. The summed E-state index contributed by atoms with van der Waals surface area (Å²) >= 11 is 0. The standard InChI is InChI=1S/C17H12N2/c1-11-13-7-4-5-9-15(13)17(19-11)16-14-8-3-2-6-12(14)10-18-16/h2-10,18H,1H2. The van der Waals surface area contributed by atoms with Gasteiger partial charge in [-0.1, -0.05) is 55.1 Å². The van der Waals surface area contributed by atoms with Crippen LogP contribution in [-0.4, -0.2) is 10.7 Å². The van der Waals surface area contributed by atoms with Gasteiger partial charge in [0.2, 0.25) is 0 Å². The Morgan fingerprint density at radius 3 is 2.53 bits per heavy atom. The summed E-state index contributed by atoms with van der Waals surface area (Å²) in [5.41, 5.74) is 5.17. The van der Waals surface area contributed by atoms with Crippen molar-refractivity contribution in [3.63, 3.8) is 0 Å². The van der Waals surface area contributed by atoms with Gasteiger partial charge < -0.3 is 4.98 Å². The third-order valence-electron chi connectivity index (χ3n) is 3.58. The lowest BCUT2D eigenvalue weighted by atomic mass is 10.0. The van der Waals surface area contributed by atoms with Crippen LogP contribution in [-0.2, 0) is 0 Å². The van der Waals surface area contributed by atoms with Crippen LogP contribution in [0.1, 0.15) is 16.8 Å². The lowest BCUT2D eigenvalue weighted by molar-refractivity contribution is 1.38. The number of aromatic nitrogens is 1. The van der Waals surface area contributed by atoms with Crippen LogP contribution in [0.5, 0.6) is 0 Å². The molecule has 2 aromatic carbocycles. The van der Waals surface area contributed by atoms with Gasteiger partial charge in [0.25, 0.3) is 0 Å². The second-order valence-electron chi connectivity index (χ2n) is 4.70. The summed E-state index contributed by atoms with van der Waals surface area (Å²) in [6, 6.07) is 16.5. The van der Waals surface area contributed by atoms with Crippen molar-refractivity contribution in [2.75, 3.05) is 0 Å². The second kappa shape index (κ2) is 3.69. The number of H-pyrrole nitrogens is 1. The van der Waals surface area contributed by atoms with Crippen molar-refractivity contribution < 1.29 is 0 Å². The number of aromatic amines is 1. The van der Waals surface area contributed by atoms with E-state index in [2.05, 4.69) is 46.9 Å². The highest BCUT2D eigenvalue weighted by Gasteiger charge is 2.21. The maximum atomic E-state index is 4.64. The van der Waals surface area contributed by atoms with E-state index >= 15 is 0 Å². The summed E-state index contributed by atoms with van der Waals surface area (Å²) in [5.74, 6) is 0. The van der Waals surface area contributed by atoms with E-state index in [9.17, 15) is 0 Å². The van der Waals surface area contributed by atoms with Gasteiger partial charge in [-0.05, 0) is 5.39 Å². The summed E-state index contributed by atoms with van der Waals surface area (Å²) in [7, 11) is 0. The van der Waals surface area contributed by atoms with Crippen LogP contribution in [0, 0.1) is 0 Å². The topological polar surface area (TPSA) is 28.1 Å². The first kappa shape index (κ1) is 10.3. The van der Waals surface area contributed by atoms with Crippen LogP contribution in [0.4, 0.5) is 0 Å². The fraction of sp³-hybridized carbons (Fsp3) is 0. The predicted octanol–water partition coefficient (Wildman–Crippen LogP) is 3.99. The van der Waals surface area contributed by atoms with Crippen LogP contribution in [0.3, 0.4) is 0 Å². The Morgan fingerprint density at radius 2 is 1.63 bits per heavy atom. The molecule has 0 radical (unpaired) electrons. The first-order valence-electron chi connectivity index (χ1n) is 6.28. The molecule has 0 saturated heterocycles. The molecule has 0 atom stereocenters. The van der Waals surface area contributed by atoms with Crippen molar-refractivity contribution in [3.8, 4) is 0 Å². The van der Waals surface area contributed by atoms with E-state index in [4.69, 9.17) is 0 Å². The lowest BCUT2D eigenvalue weighted by Crippen LogP contribution is -2.01. The second-order valence-corrected chi connectivity index (χ2v) is 4.70. The minimum atomic E-state index is 0.837. The van der Waals surface area contributed by atoms with Gasteiger partial charge in [-0.3, -0.25) is 0 Å². The zero-order valence-electron chi connectivity index (χ0n) is 10.4. The predicted molar refractivity (Wildman–Crippen MR) is 79.4 cm³/mol. The molecule has 0 spiro atoms. The van der Waals surface area contributed by atoms with E-state index in [1.807, 2.05) is 24.4 Å². The average molecular weight is 244 g/mol. The molecule has 0 bridgehead atoms. The molecule has 2 nitrogen and oxygen atoms in total. The summed E-state index contributed by atoms with van der Waals surface area (Å²) < 4.78 is 0. The first-order chi connectivity index (χ1) is 9.34. The molecule has 4 rings (SSSR count). The smallest absolute Gasteiger partial charge is 0.0957 e. The van der Waals surface area contributed by atoms with Crippen LogP contribution in [0.2, 0.25) is 0 Å². The summed E-state index contributed by atoms with van der Waals surface area (Å²) in [6.07, 6.45) is 2.02. The van der Waals surface area contributed by atoms with Crippen LogP contribution < -0.4 is 0 Å². The van der Waals surface area contributed by atoms with Crippen LogP contribution >= 0.6 is 0 Å². The van der Waals surface area contributed by atoms with Crippen molar-refractivity contribution >= 4 is 22.2 Å². The molecule has 3 aromatic rings. The van der Waals surface area contributed by atoms with Crippen LogP contribution in [0.25, 0.3) is 16.5 Å². The molecular weight excluding hydrogens is 232 g/mol. The molecule has 0 aliphatic carbocycles. The number of rotatable bonds is 1.